The summed E-state index contributed by atoms with van der Waals surface area (Å²) in [6.07, 6.45) is -4.25. The molecule has 1 aromatic rings. The van der Waals surface area contributed by atoms with Gasteiger partial charge in [-0.1, -0.05) is 0 Å². The minimum Gasteiger partial charge on any atom is -0.454 e. The summed E-state index contributed by atoms with van der Waals surface area (Å²) in [4.78, 5) is 12.2. The molecule has 132 valence electrons. The molecule has 0 aliphatic carbocycles. The molecule has 1 fully saturated rings. The first kappa shape index (κ1) is 16.9. The van der Waals surface area contributed by atoms with Gasteiger partial charge >= 0.3 is 6.18 Å². The molecule has 2 unspecified atom stereocenters. The Balaban J connectivity index is 1.75. The van der Waals surface area contributed by atoms with Crippen LogP contribution >= 0.6 is 0 Å². The van der Waals surface area contributed by atoms with Crippen molar-refractivity contribution in [3.63, 3.8) is 0 Å². The molecule has 0 bridgehead atoms. The van der Waals surface area contributed by atoms with E-state index in [4.69, 9.17) is 14.2 Å². The van der Waals surface area contributed by atoms with E-state index >= 15 is 0 Å². The maximum Gasteiger partial charge on any atom is 0.400 e. The fraction of sp³-hybridized carbons (Fsp3) is 0.562. The fourth-order valence-electron chi connectivity index (χ4n) is 2.88. The number of carbonyl (C=O) groups is 1. The minimum atomic E-state index is -4.62. The van der Waals surface area contributed by atoms with Crippen LogP contribution in [0, 0.1) is 12.8 Å². The lowest BCUT2D eigenvalue weighted by Gasteiger charge is -2.22. The van der Waals surface area contributed by atoms with E-state index in [2.05, 4.69) is 5.32 Å². The Kier molecular flexibility index (Phi) is 4.58. The smallest absolute Gasteiger partial charge is 0.400 e. The molecule has 2 aliphatic rings. The number of amides is 1. The van der Waals surface area contributed by atoms with Crippen molar-refractivity contribution in [3.8, 4) is 11.5 Å². The van der Waals surface area contributed by atoms with E-state index in [9.17, 15) is 18.0 Å². The minimum absolute atomic E-state index is 0.0520. The summed E-state index contributed by atoms with van der Waals surface area (Å²) in [6.45, 7) is 2.18. The standard InChI is InChI=1S/C16H18F3NO4/c1-9-5-13-14(24-8-23-13)7-12(9)20-15(21)11(16(17,18)19)6-10-3-2-4-22-10/h5,7,10-11H,2-4,6,8H2,1H3,(H,20,21). The second-order valence-electron chi connectivity index (χ2n) is 5.97. The van der Waals surface area contributed by atoms with Crippen LogP contribution < -0.4 is 14.8 Å². The average molecular weight is 345 g/mol. The first-order chi connectivity index (χ1) is 11.3. The number of rotatable bonds is 4. The van der Waals surface area contributed by atoms with Gasteiger partial charge in [-0.3, -0.25) is 4.79 Å². The van der Waals surface area contributed by atoms with Crippen molar-refractivity contribution in [2.24, 2.45) is 5.92 Å². The van der Waals surface area contributed by atoms with E-state index in [1.807, 2.05) is 0 Å². The van der Waals surface area contributed by atoms with Crippen molar-refractivity contribution in [1.82, 2.24) is 0 Å². The predicted octanol–water partition coefficient (Wildman–Crippen LogP) is 3.41. The Morgan fingerprint density at radius 2 is 2.04 bits per heavy atom. The summed E-state index contributed by atoms with van der Waals surface area (Å²) < 4.78 is 55.5. The summed E-state index contributed by atoms with van der Waals surface area (Å²) in [6, 6.07) is 3.11. The Morgan fingerprint density at radius 1 is 1.33 bits per heavy atom. The predicted molar refractivity (Wildman–Crippen MR) is 79.1 cm³/mol. The molecule has 1 amide bonds. The molecule has 2 heterocycles. The van der Waals surface area contributed by atoms with Gasteiger partial charge in [0.2, 0.25) is 12.7 Å². The quantitative estimate of drug-likeness (QED) is 0.909. The normalized spacial score (nSPS) is 20.9. The zero-order chi connectivity index (χ0) is 17.3. The molecular formula is C16H18F3NO4. The summed E-state index contributed by atoms with van der Waals surface area (Å²) in [5, 5.41) is 2.37. The third-order valence-electron chi connectivity index (χ3n) is 4.21. The second-order valence-corrected chi connectivity index (χ2v) is 5.97. The molecule has 0 spiro atoms. The number of hydrogen-bond acceptors (Lipinski definition) is 4. The number of alkyl halides is 3. The van der Waals surface area contributed by atoms with Crippen LogP contribution in [0.15, 0.2) is 12.1 Å². The van der Waals surface area contributed by atoms with Crippen molar-refractivity contribution >= 4 is 11.6 Å². The number of hydrogen-bond donors (Lipinski definition) is 1. The number of anilines is 1. The number of ether oxygens (including phenoxy) is 3. The number of carbonyl (C=O) groups excluding carboxylic acids is 1. The zero-order valence-corrected chi connectivity index (χ0v) is 13.1. The molecule has 1 aromatic carbocycles. The van der Waals surface area contributed by atoms with E-state index < -0.39 is 24.1 Å². The van der Waals surface area contributed by atoms with Gasteiger partial charge in [-0.05, 0) is 37.8 Å². The molecule has 24 heavy (non-hydrogen) atoms. The Morgan fingerprint density at radius 3 is 2.67 bits per heavy atom. The van der Waals surface area contributed by atoms with E-state index in [1.54, 1.807) is 13.0 Å². The largest absolute Gasteiger partial charge is 0.454 e. The summed E-state index contributed by atoms with van der Waals surface area (Å²) in [7, 11) is 0. The van der Waals surface area contributed by atoms with Crippen molar-refractivity contribution in [2.45, 2.75) is 38.5 Å². The summed E-state index contributed by atoms with van der Waals surface area (Å²) >= 11 is 0. The van der Waals surface area contributed by atoms with Gasteiger partial charge in [0.25, 0.3) is 0 Å². The molecular weight excluding hydrogens is 327 g/mol. The van der Waals surface area contributed by atoms with E-state index in [-0.39, 0.29) is 18.9 Å². The highest BCUT2D eigenvalue weighted by molar-refractivity contribution is 5.94. The monoisotopic (exact) mass is 345 g/mol. The van der Waals surface area contributed by atoms with Crippen molar-refractivity contribution < 1.29 is 32.2 Å². The fourth-order valence-corrected chi connectivity index (χ4v) is 2.88. The van der Waals surface area contributed by atoms with E-state index in [1.165, 1.54) is 6.07 Å². The number of halogens is 3. The molecule has 5 nitrogen and oxygen atoms in total. The van der Waals surface area contributed by atoms with Crippen LogP contribution in [-0.4, -0.2) is 31.6 Å². The van der Waals surface area contributed by atoms with Crippen LogP contribution in [0.25, 0.3) is 0 Å². The lowest BCUT2D eigenvalue weighted by Crippen LogP contribution is -2.37. The van der Waals surface area contributed by atoms with Crippen LogP contribution in [0.5, 0.6) is 11.5 Å². The highest BCUT2D eigenvalue weighted by Gasteiger charge is 2.46. The van der Waals surface area contributed by atoms with Crippen LogP contribution in [-0.2, 0) is 9.53 Å². The molecule has 2 atom stereocenters. The van der Waals surface area contributed by atoms with Gasteiger partial charge in [0.1, 0.15) is 5.92 Å². The molecule has 0 radical (unpaired) electrons. The summed E-state index contributed by atoms with van der Waals surface area (Å²) in [5.41, 5.74) is 0.886. The highest BCUT2D eigenvalue weighted by Crippen LogP contribution is 2.38. The van der Waals surface area contributed by atoms with Crippen molar-refractivity contribution in [3.05, 3.63) is 17.7 Å². The first-order valence-corrected chi connectivity index (χ1v) is 7.74. The van der Waals surface area contributed by atoms with E-state index in [0.717, 1.165) is 6.42 Å². The molecule has 1 N–H and O–H groups in total. The van der Waals surface area contributed by atoms with Gasteiger partial charge in [-0.25, -0.2) is 0 Å². The third kappa shape index (κ3) is 3.58. The Hall–Kier alpha value is -1.96. The van der Waals surface area contributed by atoms with Gasteiger partial charge in [0.05, 0.1) is 6.10 Å². The van der Waals surface area contributed by atoms with Crippen LogP contribution in [0.4, 0.5) is 18.9 Å². The number of fused-ring (bicyclic) bond motifs is 1. The van der Waals surface area contributed by atoms with Crippen LogP contribution in [0.2, 0.25) is 0 Å². The lowest BCUT2D eigenvalue weighted by atomic mass is 9.98. The van der Waals surface area contributed by atoms with Crippen molar-refractivity contribution in [2.75, 3.05) is 18.7 Å². The third-order valence-corrected chi connectivity index (χ3v) is 4.21. The summed E-state index contributed by atoms with van der Waals surface area (Å²) in [5.74, 6) is -2.28. The van der Waals surface area contributed by atoms with Crippen LogP contribution in [0.3, 0.4) is 0 Å². The Labute approximate surface area is 137 Å². The topological polar surface area (TPSA) is 56.8 Å². The number of nitrogens with one attached hydrogen (secondary N) is 1. The molecule has 1 saturated heterocycles. The van der Waals surface area contributed by atoms with Gasteiger partial charge in [0.15, 0.2) is 11.5 Å². The Bertz CT molecular complexity index is 626. The van der Waals surface area contributed by atoms with Gasteiger partial charge < -0.3 is 19.5 Å². The average Bonchev–Trinajstić information content (AvgIpc) is 3.14. The van der Waals surface area contributed by atoms with E-state index in [0.29, 0.717) is 30.1 Å². The second kappa shape index (κ2) is 6.51. The molecule has 0 aromatic heterocycles. The molecule has 8 heteroatoms. The van der Waals surface area contributed by atoms with Gasteiger partial charge in [-0.2, -0.15) is 13.2 Å². The number of benzene rings is 1. The van der Waals surface area contributed by atoms with Crippen LogP contribution in [0.1, 0.15) is 24.8 Å². The highest BCUT2D eigenvalue weighted by atomic mass is 19.4. The zero-order valence-electron chi connectivity index (χ0n) is 13.1. The molecule has 2 aliphatic heterocycles. The molecule has 0 saturated carbocycles. The maximum absolute atomic E-state index is 13.3. The van der Waals surface area contributed by atoms with Crippen molar-refractivity contribution in [1.29, 1.82) is 0 Å². The number of aryl methyl sites for hydroxylation is 1. The first-order valence-electron chi connectivity index (χ1n) is 7.74. The SMILES string of the molecule is Cc1cc2c(cc1NC(=O)C(CC1CCCO1)C(F)(F)F)OCO2. The maximum atomic E-state index is 13.3. The molecule has 3 rings (SSSR count). The van der Waals surface area contributed by atoms with Gasteiger partial charge in [0, 0.05) is 18.4 Å². The van der Waals surface area contributed by atoms with Gasteiger partial charge in [-0.15, -0.1) is 0 Å². The lowest BCUT2D eigenvalue weighted by molar-refractivity contribution is -0.185.